The highest BCUT2D eigenvalue weighted by molar-refractivity contribution is 6.24. The number of rotatable bonds is 8. The highest BCUT2D eigenvalue weighted by Crippen LogP contribution is 2.49. The van der Waals surface area contributed by atoms with E-state index in [1.807, 2.05) is 76.5 Å². The van der Waals surface area contributed by atoms with Crippen LogP contribution in [0.1, 0.15) is 186 Å². The molecule has 4 heteroatoms. The normalized spacial score (nSPS) is 11.7. The van der Waals surface area contributed by atoms with Gasteiger partial charge in [-0.2, -0.15) is 0 Å². The molecule has 22 rings (SSSR count). The average molecular weight is 1860 g/mol. The van der Waals surface area contributed by atoms with E-state index in [-0.39, 0.29) is 5.41 Å². The molecule has 0 atom stereocenters. The van der Waals surface area contributed by atoms with Gasteiger partial charge in [0.15, 0.2) is 0 Å². The molecule has 0 fully saturated rings. The number of aryl methyl sites for hydroxylation is 17. The maximum atomic E-state index is 5.81. The van der Waals surface area contributed by atoms with E-state index >= 15 is 0 Å². The van der Waals surface area contributed by atoms with Crippen LogP contribution in [0.3, 0.4) is 0 Å². The highest BCUT2D eigenvalue weighted by Gasteiger charge is 2.35. The number of aromatic nitrogens is 3. The molecule has 0 bridgehead atoms. The second kappa shape index (κ2) is 49.3. The summed E-state index contributed by atoms with van der Waals surface area (Å²) >= 11 is 0. The van der Waals surface area contributed by atoms with Crippen LogP contribution < -0.4 is 0 Å². The molecule has 1 aliphatic carbocycles. The Morgan fingerprint density at radius 2 is 0.465 bits per heavy atom. The summed E-state index contributed by atoms with van der Waals surface area (Å²) in [6.07, 6.45) is 28.8. The van der Waals surface area contributed by atoms with Gasteiger partial charge in [-0.05, 0) is 318 Å². The maximum Gasteiger partial charge on any atom is 0.135 e. The molecule has 0 aliphatic heterocycles. The van der Waals surface area contributed by atoms with Gasteiger partial charge in [-0.25, -0.2) is 0 Å². The minimum atomic E-state index is 0.142. The van der Waals surface area contributed by atoms with E-state index in [1.165, 1.54) is 221 Å². The molecule has 4 nitrogen and oxygen atoms in total. The van der Waals surface area contributed by atoms with Gasteiger partial charge in [0, 0.05) is 57.4 Å². The summed E-state index contributed by atoms with van der Waals surface area (Å²) in [4.78, 5) is 8.56. The fraction of sp³-hybridized carbons (Fsp3) is 0.174. The molecule has 21 aromatic rings. The number of pyridine rings is 2. The van der Waals surface area contributed by atoms with Crippen LogP contribution in [0, 0.1) is 111 Å². The van der Waals surface area contributed by atoms with E-state index in [9.17, 15) is 0 Å². The molecule has 0 saturated heterocycles. The molecule has 4 heterocycles. The van der Waals surface area contributed by atoms with E-state index in [2.05, 4.69) is 522 Å². The molecule has 712 valence electrons. The van der Waals surface area contributed by atoms with Crippen LogP contribution in [-0.4, -0.2) is 14.5 Å². The number of nitrogens with zero attached hydrogens (tertiary/aromatic N) is 3. The molecule has 0 unspecified atom stereocenters. The zero-order chi connectivity index (χ0) is 101. The predicted octanol–water partition coefficient (Wildman–Crippen LogP) is 39.0. The van der Waals surface area contributed by atoms with Crippen LogP contribution in [0.5, 0.6) is 0 Å². The third kappa shape index (κ3) is 27.5. The van der Waals surface area contributed by atoms with Crippen molar-refractivity contribution in [2.45, 2.75) is 158 Å². The molecule has 0 saturated carbocycles. The fourth-order valence-electron chi connectivity index (χ4n) is 17.5. The van der Waals surface area contributed by atoms with E-state index < -0.39 is 0 Å². The van der Waals surface area contributed by atoms with Crippen LogP contribution in [0.25, 0.3) is 147 Å². The molecule has 17 aromatic carbocycles. The van der Waals surface area contributed by atoms with Crippen molar-refractivity contribution in [3.63, 3.8) is 0 Å². The van der Waals surface area contributed by atoms with Gasteiger partial charge in [-0.3, -0.25) is 9.97 Å². The Hall–Kier alpha value is -15.6. The van der Waals surface area contributed by atoms with Gasteiger partial charge in [0.05, 0.1) is 11.0 Å². The molecule has 1 aliphatic rings. The van der Waals surface area contributed by atoms with Gasteiger partial charge in [0.2, 0.25) is 0 Å². The van der Waals surface area contributed by atoms with Crippen LogP contribution >= 0.6 is 0 Å². The molecule has 0 N–H and O–H groups in total. The first-order chi connectivity index (χ1) is 68.4. The SMILES string of the molecule is C/C=C/C.C/C=C/c1ccc(/C=C/C)cc1.Cc1ccc(/C=C/c2ccc(/C=C/c3ccc(C)cc3)cc2)cc1.Cc1ccc(/C=C/c2ccc(C)cc2)cc1.Cc1ccc(C)cc1.Cc1ccc2c(c1)C(C)(C)c1cc(C)ccc1-2.Cc1ccc2c(c1)oc1cc(C)ccc12.Cc1ccc2c3ccc(C)cc3n(C)c2c1.Cc1ccc2ccc3c(C)ccc4ccc1c2c43.Cc1ccnc2c(C)ccnc12. The van der Waals surface area contributed by atoms with E-state index in [4.69, 9.17) is 4.42 Å². The Morgan fingerprint density at radius 1 is 0.225 bits per heavy atom. The standard InChI is InChI=1S/C24H22.C18H14.C17H18.C16H16.C15H15N.C14H12O.C12H14.C10H10N2.C8H10.C4H8/c1-19-3-7-21(8-4-19)11-13-23-15-17-24(18-16-23)14-12-22-9-5-20(2)6-10-22;1-11-3-5-13-8-10-16-12(2)4-6-14-7-9-15(11)17(13)18(14)16;1-11-5-7-13-14-8-6-12(2)10-16(14)17(3,4)15(13)9-11;1-13-3-7-15(8-4-13)11-12-16-9-5-14(2)6-10-16;1-10-4-6-12-13-7-5-11(2)9-15(13)16(3)14(12)8-10;1-9-3-5-11-12-6-4-10(2)8-14(12)15-13(11)7-9;1-3-5-11-7-9-12(6-4-2)10-8-11;1-7-3-5-12-10-8(2)4-6-11-9(7)10;1-7-3-5-8(2)6-4-7;1-3-4-2/h3-18H,1-2H3;3-10H,1-2H3;5-10H,1-4H3;3-12H,1-2H3;4-9H,1-3H3;3-8H,1-2H3;3-10H,1-2H3;3-6H,1-2H3;3-6H,1-2H3;3-4H,1-2H3/b13-11+,14-12+;;;12-11+;;;5-3+,6-4+;;;4-3+. The van der Waals surface area contributed by atoms with Crippen LogP contribution in [0.4, 0.5) is 0 Å². The third-order valence-corrected chi connectivity index (χ3v) is 26.1. The third-order valence-electron chi connectivity index (χ3n) is 26.1. The molecule has 142 heavy (non-hydrogen) atoms. The van der Waals surface area contributed by atoms with Gasteiger partial charge in [-0.1, -0.05) is 435 Å². The van der Waals surface area contributed by atoms with Crippen molar-refractivity contribution in [1.29, 1.82) is 0 Å². The Labute approximate surface area is 845 Å². The molecular formula is C138H139N3O. The smallest absolute Gasteiger partial charge is 0.135 e. The second-order valence-corrected chi connectivity index (χ2v) is 38.4. The van der Waals surface area contributed by atoms with Crippen molar-refractivity contribution in [2.75, 3.05) is 0 Å². The lowest BCUT2D eigenvalue weighted by molar-refractivity contribution is 0.659. The fourth-order valence-corrected chi connectivity index (χ4v) is 17.5. The number of hydrogen-bond acceptors (Lipinski definition) is 3. The largest absolute Gasteiger partial charge is 0.456 e. The van der Waals surface area contributed by atoms with Crippen molar-refractivity contribution in [1.82, 2.24) is 14.5 Å². The Kier molecular flexibility index (Phi) is 36.0. The number of benzene rings is 17. The first-order valence-electron chi connectivity index (χ1n) is 49.7. The summed E-state index contributed by atoms with van der Waals surface area (Å²) in [5.41, 5.74) is 43.1. The Morgan fingerprint density at radius 3 is 0.761 bits per heavy atom. The van der Waals surface area contributed by atoms with Crippen molar-refractivity contribution >= 4 is 136 Å². The number of fused-ring (bicyclic) bond motifs is 10. The van der Waals surface area contributed by atoms with Gasteiger partial charge >= 0.3 is 0 Å². The van der Waals surface area contributed by atoms with E-state index in [1.54, 1.807) is 0 Å². The second-order valence-electron chi connectivity index (χ2n) is 38.4. The lowest BCUT2D eigenvalue weighted by Crippen LogP contribution is -2.15. The van der Waals surface area contributed by atoms with E-state index in [0.29, 0.717) is 0 Å². The predicted molar refractivity (Wildman–Crippen MR) is 625 cm³/mol. The Bertz CT molecular complexity index is 7540. The molecule has 0 radical (unpaired) electrons. The quantitative estimate of drug-likeness (QED) is 0.0865. The summed E-state index contributed by atoms with van der Waals surface area (Å²) in [6, 6.07) is 121. The zero-order valence-electron chi connectivity index (χ0n) is 87.7. The minimum Gasteiger partial charge on any atom is -0.456 e. The van der Waals surface area contributed by atoms with Crippen molar-refractivity contribution in [2.24, 2.45) is 7.05 Å². The Balaban J connectivity index is 0.000000135. The van der Waals surface area contributed by atoms with Crippen LogP contribution in [0.2, 0.25) is 0 Å². The van der Waals surface area contributed by atoms with E-state index in [0.717, 1.165) is 22.2 Å². The summed E-state index contributed by atoms with van der Waals surface area (Å²) in [5.74, 6) is 0. The molecular weight excluding hydrogens is 1720 g/mol. The van der Waals surface area contributed by atoms with Crippen molar-refractivity contribution < 1.29 is 4.42 Å². The molecule has 4 aromatic heterocycles. The first-order valence-corrected chi connectivity index (χ1v) is 49.7. The maximum absolute atomic E-state index is 5.81. The number of hydrogen-bond donors (Lipinski definition) is 0. The van der Waals surface area contributed by atoms with Gasteiger partial charge < -0.3 is 8.98 Å². The van der Waals surface area contributed by atoms with Crippen LogP contribution in [0.15, 0.2) is 381 Å². The summed E-state index contributed by atoms with van der Waals surface area (Å²) in [7, 11) is 2.14. The van der Waals surface area contributed by atoms with Gasteiger partial charge in [0.25, 0.3) is 0 Å². The van der Waals surface area contributed by atoms with Gasteiger partial charge in [0.1, 0.15) is 11.2 Å². The lowest BCUT2D eigenvalue weighted by atomic mass is 9.81. The topological polar surface area (TPSA) is 43.9 Å². The lowest BCUT2D eigenvalue weighted by Gasteiger charge is -2.22. The average Bonchev–Trinajstić information content (AvgIpc) is 1.69. The van der Waals surface area contributed by atoms with Crippen molar-refractivity contribution in [3.05, 3.63) is 521 Å². The summed E-state index contributed by atoms with van der Waals surface area (Å²) in [5, 5.41) is 13.4. The van der Waals surface area contributed by atoms with Gasteiger partial charge in [-0.15, -0.1) is 0 Å². The summed E-state index contributed by atoms with van der Waals surface area (Å²) < 4.78 is 8.10. The van der Waals surface area contributed by atoms with Crippen LogP contribution in [-0.2, 0) is 12.5 Å². The highest BCUT2D eigenvalue weighted by atomic mass is 16.3. The molecule has 0 spiro atoms. The minimum absolute atomic E-state index is 0.142. The number of furan rings is 1. The zero-order valence-corrected chi connectivity index (χ0v) is 87.7. The monoisotopic (exact) mass is 1850 g/mol. The summed E-state index contributed by atoms with van der Waals surface area (Å²) in [6.45, 7) is 46.6. The molecule has 0 amide bonds. The van der Waals surface area contributed by atoms with Crippen molar-refractivity contribution in [3.8, 4) is 11.1 Å². The first kappa shape index (κ1) is 104. The number of allylic oxidation sites excluding steroid dienone is 4.